The van der Waals surface area contributed by atoms with Crippen molar-refractivity contribution in [2.45, 2.75) is 37.8 Å². The lowest BCUT2D eigenvalue weighted by molar-refractivity contribution is -0.116. The quantitative estimate of drug-likeness (QED) is 0.772. The van der Waals surface area contributed by atoms with Crippen LogP contribution in [0.25, 0.3) is 0 Å². The van der Waals surface area contributed by atoms with E-state index < -0.39 is 0 Å². The highest BCUT2D eigenvalue weighted by Gasteiger charge is 2.33. The molecule has 2 aliphatic rings. The van der Waals surface area contributed by atoms with E-state index in [9.17, 15) is 4.79 Å². The highest BCUT2D eigenvalue weighted by Crippen LogP contribution is 2.38. The molecule has 1 aromatic rings. The number of hydrogen-bond acceptors (Lipinski definition) is 3. The number of amides is 1. The Morgan fingerprint density at radius 2 is 2.16 bits per heavy atom. The Hall–Kier alpha value is -1.39. The van der Waals surface area contributed by atoms with Gasteiger partial charge in [0, 0.05) is 24.2 Å². The summed E-state index contributed by atoms with van der Waals surface area (Å²) < 4.78 is 0. The van der Waals surface area contributed by atoms with E-state index in [2.05, 4.69) is 22.8 Å². The molecule has 1 aromatic carbocycles. The molecule has 3 rings (SSSR count). The van der Waals surface area contributed by atoms with Gasteiger partial charge in [-0.1, -0.05) is 12.1 Å². The molecule has 1 fully saturated rings. The normalized spacial score (nSPS) is 27.2. The molecular formula is C15H21N3O. The summed E-state index contributed by atoms with van der Waals surface area (Å²) in [4.78, 5) is 11.4. The number of benzene rings is 1. The number of anilines is 1. The molecule has 1 aliphatic heterocycles. The number of rotatable bonds is 3. The Kier molecular flexibility index (Phi) is 3.29. The fourth-order valence-corrected chi connectivity index (χ4v) is 3.25. The van der Waals surface area contributed by atoms with Crippen LogP contribution in [0.1, 0.15) is 36.4 Å². The Balaban J connectivity index is 1.82. The van der Waals surface area contributed by atoms with Gasteiger partial charge in [-0.3, -0.25) is 4.79 Å². The summed E-state index contributed by atoms with van der Waals surface area (Å²) in [6.45, 7) is 0. The van der Waals surface area contributed by atoms with Gasteiger partial charge in [0.05, 0.1) is 0 Å². The van der Waals surface area contributed by atoms with Crippen LogP contribution in [-0.4, -0.2) is 19.0 Å². The summed E-state index contributed by atoms with van der Waals surface area (Å²) in [7, 11) is 2.01. The molecule has 1 heterocycles. The van der Waals surface area contributed by atoms with E-state index in [1.165, 1.54) is 11.1 Å². The van der Waals surface area contributed by atoms with Crippen molar-refractivity contribution in [1.82, 2.24) is 5.32 Å². The molecule has 1 unspecified atom stereocenters. The maximum Gasteiger partial charge on any atom is 0.224 e. The third-order valence-corrected chi connectivity index (χ3v) is 4.38. The van der Waals surface area contributed by atoms with Crippen molar-refractivity contribution in [3.8, 4) is 0 Å². The summed E-state index contributed by atoms with van der Waals surface area (Å²) >= 11 is 0. The molecular weight excluding hydrogens is 238 g/mol. The molecule has 102 valence electrons. The third-order valence-electron chi connectivity index (χ3n) is 4.38. The molecule has 1 aliphatic carbocycles. The van der Waals surface area contributed by atoms with Crippen LogP contribution in [-0.2, 0) is 11.2 Å². The first kappa shape index (κ1) is 12.6. The number of fused-ring (bicyclic) bond motifs is 1. The molecule has 0 bridgehead atoms. The predicted octanol–water partition coefficient (Wildman–Crippen LogP) is 1.57. The number of aryl methyl sites for hydroxylation is 1. The molecule has 0 radical (unpaired) electrons. The topological polar surface area (TPSA) is 67.2 Å². The number of nitrogens with one attached hydrogen (secondary N) is 2. The molecule has 4 N–H and O–H groups in total. The SMILES string of the molecule is CNC(c1ccc2c(c1)CCC(=O)N2)C1CC(N)C1. The van der Waals surface area contributed by atoms with Crippen molar-refractivity contribution in [3.63, 3.8) is 0 Å². The van der Waals surface area contributed by atoms with Gasteiger partial charge in [0.1, 0.15) is 0 Å². The first-order valence-corrected chi connectivity index (χ1v) is 7.03. The predicted molar refractivity (Wildman–Crippen MR) is 75.9 cm³/mol. The van der Waals surface area contributed by atoms with Gasteiger partial charge in [0.15, 0.2) is 0 Å². The lowest BCUT2D eigenvalue weighted by Gasteiger charge is -2.39. The summed E-state index contributed by atoms with van der Waals surface area (Å²) in [5.74, 6) is 0.756. The largest absolute Gasteiger partial charge is 0.328 e. The van der Waals surface area contributed by atoms with E-state index in [0.717, 1.165) is 24.9 Å². The first-order valence-electron chi connectivity index (χ1n) is 7.03. The minimum atomic E-state index is 0.121. The van der Waals surface area contributed by atoms with Gasteiger partial charge in [0.2, 0.25) is 5.91 Å². The molecule has 4 nitrogen and oxygen atoms in total. The summed E-state index contributed by atoms with van der Waals surface area (Å²) in [5.41, 5.74) is 9.43. The van der Waals surface area contributed by atoms with Crippen LogP contribution in [0.4, 0.5) is 5.69 Å². The monoisotopic (exact) mass is 259 g/mol. The Morgan fingerprint density at radius 1 is 1.37 bits per heavy atom. The smallest absolute Gasteiger partial charge is 0.224 e. The highest BCUT2D eigenvalue weighted by molar-refractivity contribution is 5.93. The molecule has 4 heteroatoms. The maximum absolute atomic E-state index is 11.4. The van der Waals surface area contributed by atoms with E-state index >= 15 is 0 Å². The van der Waals surface area contributed by atoms with Crippen LogP contribution in [0.2, 0.25) is 0 Å². The molecule has 1 amide bonds. The second-order valence-corrected chi connectivity index (χ2v) is 5.72. The fraction of sp³-hybridized carbons (Fsp3) is 0.533. The van der Waals surface area contributed by atoms with E-state index in [-0.39, 0.29) is 5.91 Å². The zero-order valence-electron chi connectivity index (χ0n) is 11.3. The van der Waals surface area contributed by atoms with Gasteiger partial charge in [-0.15, -0.1) is 0 Å². The van der Waals surface area contributed by atoms with Crippen molar-refractivity contribution >= 4 is 11.6 Å². The van der Waals surface area contributed by atoms with E-state index in [1.54, 1.807) is 0 Å². The second-order valence-electron chi connectivity index (χ2n) is 5.72. The van der Waals surface area contributed by atoms with Gasteiger partial charge >= 0.3 is 0 Å². The van der Waals surface area contributed by atoms with Crippen molar-refractivity contribution in [1.29, 1.82) is 0 Å². The van der Waals surface area contributed by atoms with Crippen molar-refractivity contribution in [2.24, 2.45) is 11.7 Å². The molecule has 0 spiro atoms. The molecule has 1 atom stereocenters. The lowest BCUT2D eigenvalue weighted by atomic mass is 9.73. The summed E-state index contributed by atoms with van der Waals surface area (Å²) in [5, 5.41) is 6.34. The van der Waals surface area contributed by atoms with Crippen molar-refractivity contribution < 1.29 is 4.79 Å². The van der Waals surface area contributed by atoms with Crippen molar-refractivity contribution in [3.05, 3.63) is 29.3 Å². The molecule has 1 saturated carbocycles. The zero-order valence-corrected chi connectivity index (χ0v) is 11.3. The van der Waals surface area contributed by atoms with Crippen molar-refractivity contribution in [2.75, 3.05) is 12.4 Å². The van der Waals surface area contributed by atoms with Crippen LogP contribution in [0, 0.1) is 5.92 Å². The molecule has 19 heavy (non-hydrogen) atoms. The van der Waals surface area contributed by atoms with Crippen LogP contribution < -0.4 is 16.4 Å². The standard InChI is InChI=1S/C15H21N3O/c1-17-15(11-7-12(16)8-11)10-2-4-13-9(6-10)3-5-14(19)18-13/h2,4,6,11-12,15,17H,3,5,7-8,16H2,1H3,(H,18,19). The van der Waals surface area contributed by atoms with Gasteiger partial charge in [-0.2, -0.15) is 0 Å². The summed E-state index contributed by atoms with van der Waals surface area (Å²) in [6, 6.07) is 7.14. The van der Waals surface area contributed by atoms with Crippen LogP contribution >= 0.6 is 0 Å². The number of hydrogen-bond donors (Lipinski definition) is 3. The average Bonchev–Trinajstić information content (AvgIpc) is 2.37. The van der Waals surface area contributed by atoms with Gasteiger partial charge in [0.25, 0.3) is 0 Å². The molecule has 0 aromatic heterocycles. The Bertz CT molecular complexity index is 494. The van der Waals surface area contributed by atoms with Gasteiger partial charge in [-0.05, 0) is 49.4 Å². The van der Waals surface area contributed by atoms with E-state index in [1.807, 2.05) is 13.1 Å². The van der Waals surface area contributed by atoms with Crippen LogP contribution in [0.5, 0.6) is 0 Å². The van der Waals surface area contributed by atoms with E-state index in [4.69, 9.17) is 5.73 Å². The average molecular weight is 259 g/mol. The van der Waals surface area contributed by atoms with Crippen LogP contribution in [0.15, 0.2) is 18.2 Å². The number of carbonyl (C=O) groups is 1. The fourth-order valence-electron chi connectivity index (χ4n) is 3.25. The van der Waals surface area contributed by atoms with Gasteiger partial charge < -0.3 is 16.4 Å². The minimum absolute atomic E-state index is 0.121. The highest BCUT2D eigenvalue weighted by atomic mass is 16.1. The molecule has 0 saturated heterocycles. The van der Waals surface area contributed by atoms with E-state index in [0.29, 0.717) is 24.4 Å². The third kappa shape index (κ3) is 2.38. The second kappa shape index (κ2) is 4.94. The first-order chi connectivity index (χ1) is 9.17. The Labute approximate surface area is 113 Å². The maximum atomic E-state index is 11.4. The van der Waals surface area contributed by atoms with Crippen LogP contribution in [0.3, 0.4) is 0 Å². The number of carbonyl (C=O) groups excluding carboxylic acids is 1. The zero-order chi connectivity index (χ0) is 13.4. The minimum Gasteiger partial charge on any atom is -0.328 e. The summed E-state index contributed by atoms with van der Waals surface area (Å²) in [6.07, 6.45) is 3.63. The van der Waals surface area contributed by atoms with Gasteiger partial charge in [-0.25, -0.2) is 0 Å². The lowest BCUT2D eigenvalue weighted by Crippen LogP contribution is -2.42. The Morgan fingerprint density at radius 3 is 2.84 bits per heavy atom. The number of nitrogens with two attached hydrogens (primary N) is 1.